The van der Waals surface area contributed by atoms with Crippen molar-refractivity contribution in [1.29, 1.82) is 0 Å². The van der Waals surface area contributed by atoms with Crippen LogP contribution in [-0.4, -0.2) is 43.8 Å². The van der Waals surface area contributed by atoms with Crippen molar-refractivity contribution in [2.45, 2.75) is 69.5 Å². The van der Waals surface area contributed by atoms with Gasteiger partial charge in [0, 0.05) is 17.1 Å². The third kappa shape index (κ3) is 9.02. The lowest BCUT2D eigenvalue weighted by Gasteiger charge is -2.33. The van der Waals surface area contributed by atoms with E-state index in [1.54, 1.807) is 43.3 Å². The standard InChI is InChI=1S/C37H40BrN3O5S/c1-27-16-22-35(23-17-27)47(44,45)41(32-18-20-34(21-19-32)46-33-14-7-4-8-15-33)26-36(42)40(25-29-10-9-11-30(38)24-29)28(2)37(43)39-31-12-5-3-6-13-31/h4,7-11,14-24,28,31H,3,5-6,12-13,25-26H2,1-2H3,(H,39,43)/t28-/m1/s1. The second-order valence-corrected chi connectivity index (χ2v) is 14.7. The summed E-state index contributed by atoms with van der Waals surface area (Å²) in [6.45, 7) is 3.19. The zero-order valence-corrected chi connectivity index (χ0v) is 29.0. The highest BCUT2D eigenvalue weighted by Crippen LogP contribution is 2.29. The van der Waals surface area contributed by atoms with Gasteiger partial charge < -0.3 is 15.0 Å². The molecule has 1 atom stereocenters. The number of carbonyl (C=O) groups is 2. The fourth-order valence-electron chi connectivity index (χ4n) is 5.65. The Kier molecular flexibility index (Phi) is 11.4. The summed E-state index contributed by atoms with van der Waals surface area (Å²) in [6.07, 6.45) is 5.08. The van der Waals surface area contributed by atoms with Crippen molar-refractivity contribution in [1.82, 2.24) is 10.2 Å². The summed E-state index contributed by atoms with van der Waals surface area (Å²) in [5, 5.41) is 3.14. The number of benzene rings is 4. The average molecular weight is 719 g/mol. The molecular weight excluding hydrogens is 678 g/mol. The van der Waals surface area contributed by atoms with E-state index in [1.807, 2.05) is 61.5 Å². The van der Waals surface area contributed by atoms with E-state index in [-0.39, 0.29) is 23.4 Å². The van der Waals surface area contributed by atoms with Crippen molar-refractivity contribution in [3.63, 3.8) is 0 Å². The Bertz CT molecular complexity index is 1760. The number of ether oxygens (including phenoxy) is 1. The van der Waals surface area contributed by atoms with Crippen LogP contribution in [0.25, 0.3) is 0 Å². The average Bonchev–Trinajstić information content (AvgIpc) is 3.07. The molecular formula is C37H40BrN3O5S. The largest absolute Gasteiger partial charge is 0.457 e. The molecule has 1 N–H and O–H groups in total. The van der Waals surface area contributed by atoms with Gasteiger partial charge in [0.1, 0.15) is 24.1 Å². The molecule has 5 rings (SSSR count). The first-order chi connectivity index (χ1) is 22.6. The van der Waals surface area contributed by atoms with E-state index in [1.165, 1.54) is 17.0 Å². The lowest BCUT2D eigenvalue weighted by atomic mass is 9.95. The predicted molar refractivity (Wildman–Crippen MR) is 188 cm³/mol. The molecule has 0 radical (unpaired) electrons. The number of sulfonamides is 1. The first kappa shape index (κ1) is 34.2. The van der Waals surface area contributed by atoms with E-state index in [4.69, 9.17) is 4.74 Å². The minimum absolute atomic E-state index is 0.0575. The molecule has 1 saturated carbocycles. The van der Waals surface area contributed by atoms with Gasteiger partial charge in [-0.05, 0) is 92.9 Å². The number of amides is 2. The first-order valence-electron chi connectivity index (χ1n) is 15.9. The quantitative estimate of drug-likeness (QED) is 0.163. The number of nitrogens with zero attached hydrogens (tertiary/aromatic N) is 2. The molecule has 0 aromatic heterocycles. The smallest absolute Gasteiger partial charge is 0.264 e. The zero-order chi connectivity index (χ0) is 33.4. The molecule has 1 aliphatic carbocycles. The molecule has 10 heteroatoms. The van der Waals surface area contributed by atoms with Crippen molar-refractivity contribution in [3.05, 3.63) is 119 Å². The van der Waals surface area contributed by atoms with Gasteiger partial charge in [0.2, 0.25) is 11.8 Å². The third-order valence-corrected chi connectivity index (χ3v) is 10.6. The van der Waals surface area contributed by atoms with Crippen LogP contribution >= 0.6 is 15.9 Å². The summed E-state index contributed by atoms with van der Waals surface area (Å²) in [5.74, 6) is 0.402. The molecule has 0 aliphatic heterocycles. The van der Waals surface area contributed by atoms with Crippen LogP contribution < -0.4 is 14.4 Å². The Labute approximate surface area is 285 Å². The third-order valence-electron chi connectivity index (χ3n) is 8.35. The molecule has 0 spiro atoms. The van der Waals surface area contributed by atoms with Crippen LogP contribution in [0.1, 0.15) is 50.2 Å². The van der Waals surface area contributed by atoms with E-state index >= 15 is 0 Å². The summed E-state index contributed by atoms with van der Waals surface area (Å²) in [4.78, 5) is 29.4. The zero-order valence-electron chi connectivity index (χ0n) is 26.6. The Morgan fingerprint density at radius 2 is 1.53 bits per heavy atom. The van der Waals surface area contributed by atoms with Gasteiger partial charge in [0.15, 0.2) is 0 Å². The molecule has 8 nitrogen and oxygen atoms in total. The van der Waals surface area contributed by atoms with Gasteiger partial charge in [-0.3, -0.25) is 13.9 Å². The molecule has 0 saturated heterocycles. The van der Waals surface area contributed by atoms with Crippen molar-refractivity contribution < 1.29 is 22.7 Å². The Hall–Kier alpha value is -4.15. The monoisotopic (exact) mass is 717 g/mol. The molecule has 246 valence electrons. The van der Waals surface area contributed by atoms with Gasteiger partial charge in [-0.25, -0.2) is 8.42 Å². The summed E-state index contributed by atoms with van der Waals surface area (Å²) < 4.78 is 36.2. The van der Waals surface area contributed by atoms with Crippen LogP contribution in [0, 0.1) is 6.92 Å². The normalized spacial score (nSPS) is 14.2. The van der Waals surface area contributed by atoms with Crippen LogP contribution in [0.2, 0.25) is 0 Å². The number of hydrogen-bond donors (Lipinski definition) is 1. The summed E-state index contributed by atoms with van der Waals surface area (Å²) in [7, 11) is -4.18. The predicted octanol–water partition coefficient (Wildman–Crippen LogP) is 7.61. The van der Waals surface area contributed by atoms with Crippen molar-refractivity contribution in [3.8, 4) is 11.5 Å². The topological polar surface area (TPSA) is 96.0 Å². The Morgan fingerprint density at radius 1 is 0.872 bits per heavy atom. The maximum atomic E-state index is 14.3. The highest BCUT2D eigenvalue weighted by Gasteiger charge is 2.33. The first-order valence-corrected chi connectivity index (χ1v) is 18.1. The number of hydrogen-bond acceptors (Lipinski definition) is 5. The van der Waals surface area contributed by atoms with E-state index in [0.717, 1.165) is 52.0 Å². The maximum absolute atomic E-state index is 14.3. The number of aryl methyl sites for hydroxylation is 1. The molecule has 2 amide bonds. The van der Waals surface area contributed by atoms with Crippen LogP contribution in [0.4, 0.5) is 5.69 Å². The van der Waals surface area contributed by atoms with Crippen molar-refractivity contribution in [2.24, 2.45) is 0 Å². The van der Waals surface area contributed by atoms with E-state index in [9.17, 15) is 18.0 Å². The van der Waals surface area contributed by atoms with Gasteiger partial charge in [-0.15, -0.1) is 0 Å². The molecule has 0 heterocycles. The lowest BCUT2D eigenvalue weighted by molar-refractivity contribution is -0.139. The van der Waals surface area contributed by atoms with Gasteiger partial charge in [0.05, 0.1) is 10.6 Å². The SMILES string of the molecule is Cc1ccc(S(=O)(=O)N(CC(=O)N(Cc2cccc(Br)c2)[C@H](C)C(=O)NC2CCCCC2)c2ccc(Oc3ccccc3)cc2)cc1. The van der Waals surface area contributed by atoms with Crippen LogP contribution in [0.3, 0.4) is 0 Å². The van der Waals surface area contributed by atoms with Crippen LogP contribution in [0.5, 0.6) is 11.5 Å². The van der Waals surface area contributed by atoms with Crippen molar-refractivity contribution >= 4 is 43.5 Å². The minimum Gasteiger partial charge on any atom is -0.457 e. The van der Waals surface area contributed by atoms with Crippen molar-refractivity contribution in [2.75, 3.05) is 10.8 Å². The molecule has 0 unspecified atom stereocenters. The number of carbonyl (C=O) groups excluding carboxylic acids is 2. The summed E-state index contributed by atoms with van der Waals surface area (Å²) in [5.41, 5.74) is 2.01. The molecule has 47 heavy (non-hydrogen) atoms. The van der Waals surface area contributed by atoms with Gasteiger partial charge >= 0.3 is 0 Å². The molecule has 4 aromatic rings. The molecule has 1 fully saturated rings. The van der Waals surface area contributed by atoms with Crippen LogP contribution in [0.15, 0.2) is 112 Å². The second-order valence-electron chi connectivity index (χ2n) is 11.9. The maximum Gasteiger partial charge on any atom is 0.264 e. The Balaban J connectivity index is 1.46. The fourth-order valence-corrected chi connectivity index (χ4v) is 7.52. The lowest BCUT2D eigenvalue weighted by Crippen LogP contribution is -2.53. The summed E-state index contributed by atoms with van der Waals surface area (Å²) >= 11 is 3.49. The van der Waals surface area contributed by atoms with E-state index in [2.05, 4.69) is 21.2 Å². The number of halogens is 1. The van der Waals surface area contributed by atoms with Gasteiger partial charge in [-0.1, -0.05) is 83.2 Å². The van der Waals surface area contributed by atoms with E-state index < -0.39 is 28.5 Å². The van der Waals surface area contributed by atoms with Gasteiger partial charge in [-0.2, -0.15) is 0 Å². The number of nitrogens with one attached hydrogen (secondary N) is 1. The fraction of sp³-hybridized carbons (Fsp3) is 0.297. The van der Waals surface area contributed by atoms with Crippen LogP contribution in [-0.2, 0) is 26.2 Å². The molecule has 0 bridgehead atoms. The minimum atomic E-state index is -4.18. The molecule has 4 aromatic carbocycles. The highest BCUT2D eigenvalue weighted by molar-refractivity contribution is 9.10. The number of anilines is 1. The number of rotatable bonds is 12. The highest BCUT2D eigenvalue weighted by atomic mass is 79.9. The Morgan fingerprint density at radius 3 is 2.19 bits per heavy atom. The second kappa shape index (κ2) is 15.6. The summed E-state index contributed by atoms with van der Waals surface area (Å²) in [6, 6.07) is 29.1. The number of para-hydroxylation sites is 1. The van der Waals surface area contributed by atoms with E-state index in [0.29, 0.717) is 17.2 Å². The van der Waals surface area contributed by atoms with Gasteiger partial charge in [0.25, 0.3) is 10.0 Å². The molecule has 1 aliphatic rings.